The van der Waals surface area contributed by atoms with E-state index in [-0.39, 0.29) is 5.97 Å². The van der Waals surface area contributed by atoms with E-state index >= 15 is 0 Å². The van der Waals surface area contributed by atoms with Crippen LogP contribution in [0.5, 0.6) is 0 Å². The van der Waals surface area contributed by atoms with E-state index < -0.39 is 0 Å². The van der Waals surface area contributed by atoms with Crippen molar-refractivity contribution in [1.29, 1.82) is 0 Å². The van der Waals surface area contributed by atoms with Crippen LogP contribution in [0.2, 0.25) is 0 Å². The summed E-state index contributed by atoms with van der Waals surface area (Å²) in [6.07, 6.45) is 3.45. The van der Waals surface area contributed by atoms with Crippen LogP contribution in [0.15, 0.2) is 12.4 Å². The van der Waals surface area contributed by atoms with Crippen molar-refractivity contribution >= 4 is 5.97 Å². The Balaban J connectivity index is 2.16. The third-order valence-corrected chi connectivity index (χ3v) is 2.28. The Labute approximate surface area is 82.1 Å². The molecule has 0 saturated carbocycles. The first-order chi connectivity index (χ1) is 6.83. The number of aromatic nitrogens is 2. The Morgan fingerprint density at radius 1 is 1.79 bits per heavy atom. The van der Waals surface area contributed by atoms with Gasteiger partial charge in [0.05, 0.1) is 12.6 Å². The van der Waals surface area contributed by atoms with Crippen LogP contribution in [0.25, 0.3) is 0 Å². The number of carbonyl (C=O) groups is 1. The maximum atomic E-state index is 11.4. The van der Waals surface area contributed by atoms with Gasteiger partial charge in [-0.05, 0) is 6.92 Å². The molecule has 14 heavy (non-hydrogen) atoms. The van der Waals surface area contributed by atoms with Gasteiger partial charge in [0.2, 0.25) is 5.82 Å². The smallest absolute Gasteiger partial charge is 0.374 e. The van der Waals surface area contributed by atoms with E-state index in [1.54, 1.807) is 13.1 Å². The summed E-state index contributed by atoms with van der Waals surface area (Å²) in [6, 6.07) is 0.344. The first-order valence-corrected chi connectivity index (χ1v) is 4.73. The second-order valence-electron chi connectivity index (χ2n) is 3.19. The van der Waals surface area contributed by atoms with E-state index in [1.807, 2.05) is 10.8 Å². The van der Waals surface area contributed by atoms with Crippen molar-refractivity contribution in [3.8, 4) is 0 Å². The minimum absolute atomic E-state index is 0.343. The average molecular weight is 195 g/mol. The monoisotopic (exact) mass is 195 g/mol. The molecule has 0 amide bonds. The largest absolute Gasteiger partial charge is 0.460 e. The number of nitrogens with zero attached hydrogens (tertiary/aromatic N) is 2. The standard InChI is InChI=1S/C9H13N3O2/c1-2-14-9(13)8-11-3-4-12(8)7-5-10-6-7/h3-4,7,10H,2,5-6H2,1H3. The molecule has 0 aromatic carbocycles. The van der Waals surface area contributed by atoms with Gasteiger partial charge in [0.1, 0.15) is 0 Å². The molecule has 1 aromatic heterocycles. The van der Waals surface area contributed by atoms with E-state index in [0.717, 1.165) is 13.1 Å². The van der Waals surface area contributed by atoms with E-state index in [2.05, 4.69) is 10.3 Å². The van der Waals surface area contributed by atoms with Gasteiger partial charge in [0, 0.05) is 25.5 Å². The molecule has 0 bridgehead atoms. The van der Waals surface area contributed by atoms with Crippen molar-refractivity contribution in [3.05, 3.63) is 18.2 Å². The maximum absolute atomic E-state index is 11.4. The van der Waals surface area contributed by atoms with Gasteiger partial charge in [-0.1, -0.05) is 0 Å². The van der Waals surface area contributed by atoms with Crippen LogP contribution in [0.4, 0.5) is 0 Å². The Hall–Kier alpha value is -1.36. The number of hydrogen-bond donors (Lipinski definition) is 1. The van der Waals surface area contributed by atoms with Crippen molar-refractivity contribution in [2.75, 3.05) is 19.7 Å². The molecule has 5 nitrogen and oxygen atoms in total. The van der Waals surface area contributed by atoms with Crippen molar-refractivity contribution in [1.82, 2.24) is 14.9 Å². The zero-order valence-corrected chi connectivity index (χ0v) is 8.06. The average Bonchev–Trinajstić information content (AvgIpc) is 2.50. The van der Waals surface area contributed by atoms with Gasteiger partial charge >= 0.3 is 5.97 Å². The highest BCUT2D eigenvalue weighted by atomic mass is 16.5. The van der Waals surface area contributed by atoms with Crippen molar-refractivity contribution in [2.45, 2.75) is 13.0 Å². The summed E-state index contributed by atoms with van der Waals surface area (Å²) in [7, 11) is 0. The number of hydrogen-bond acceptors (Lipinski definition) is 4. The van der Waals surface area contributed by atoms with Gasteiger partial charge in [-0.25, -0.2) is 9.78 Å². The van der Waals surface area contributed by atoms with Gasteiger partial charge in [-0.15, -0.1) is 0 Å². The second-order valence-corrected chi connectivity index (χ2v) is 3.19. The number of ether oxygens (including phenoxy) is 1. The predicted octanol–water partition coefficient (Wildman–Crippen LogP) is 0.204. The normalized spacial score (nSPS) is 16.4. The summed E-state index contributed by atoms with van der Waals surface area (Å²) < 4.78 is 6.77. The Morgan fingerprint density at radius 2 is 2.57 bits per heavy atom. The molecule has 76 valence electrons. The molecule has 1 N–H and O–H groups in total. The van der Waals surface area contributed by atoms with Crippen LogP contribution in [0.3, 0.4) is 0 Å². The zero-order valence-electron chi connectivity index (χ0n) is 8.06. The van der Waals surface area contributed by atoms with Crippen molar-refractivity contribution in [2.24, 2.45) is 0 Å². The van der Waals surface area contributed by atoms with Crippen LogP contribution in [0.1, 0.15) is 23.6 Å². The summed E-state index contributed by atoms with van der Waals surface area (Å²) in [5.74, 6) is 0.0581. The van der Waals surface area contributed by atoms with Gasteiger partial charge in [0.15, 0.2) is 0 Å². The molecular weight excluding hydrogens is 182 g/mol. The summed E-state index contributed by atoms with van der Waals surface area (Å²) in [4.78, 5) is 15.4. The fraction of sp³-hybridized carbons (Fsp3) is 0.556. The van der Waals surface area contributed by atoms with E-state index in [1.165, 1.54) is 0 Å². The molecule has 1 saturated heterocycles. The van der Waals surface area contributed by atoms with E-state index in [0.29, 0.717) is 18.5 Å². The van der Waals surface area contributed by atoms with Gasteiger partial charge in [-0.3, -0.25) is 0 Å². The molecule has 0 spiro atoms. The lowest BCUT2D eigenvalue weighted by Gasteiger charge is -2.29. The quantitative estimate of drug-likeness (QED) is 0.700. The molecular formula is C9H13N3O2. The number of imidazole rings is 1. The summed E-state index contributed by atoms with van der Waals surface area (Å²) >= 11 is 0. The molecule has 1 aliphatic rings. The predicted molar refractivity (Wildman–Crippen MR) is 50.1 cm³/mol. The number of carbonyl (C=O) groups excluding carboxylic acids is 1. The van der Waals surface area contributed by atoms with Crippen molar-refractivity contribution < 1.29 is 9.53 Å². The minimum atomic E-state index is -0.343. The van der Waals surface area contributed by atoms with E-state index in [4.69, 9.17) is 4.74 Å². The van der Waals surface area contributed by atoms with Crippen LogP contribution >= 0.6 is 0 Å². The Kier molecular flexibility index (Phi) is 2.49. The molecule has 0 unspecified atom stereocenters. The molecule has 1 aliphatic heterocycles. The first kappa shape index (κ1) is 9.21. The topological polar surface area (TPSA) is 56.1 Å². The van der Waals surface area contributed by atoms with Crippen LogP contribution in [-0.2, 0) is 4.74 Å². The third-order valence-electron chi connectivity index (χ3n) is 2.28. The van der Waals surface area contributed by atoms with Crippen LogP contribution in [0, 0.1) is 0 Å². The highest BCUT2D eigenvalue weighted by Crippen LogP contribution is 2.14. The molecule has 0 aliphatic carbocycles. The summed E-state index contributed by atoms with van der Waals surface area (Å²) in [5, 5.41) is 3.15. The van der Waals surface area contributed by atoms with E-state index in [9.17, 15) is 4.79 Å². The molecule has 1 fully saturated rings. The Morgan fingerprint density at radius 3 is 3.14 bits per heavy atom. The molecule has 2 heterocycles. The highest BCUT2D eigenvalue weighted by molar-refractivity contribution is 5.85. The molecule has 0 atom stereocenters. The zero-order chi connectivity index (χ0) is 9.97. The first-order valence-electron chi connectivity index (χ1n) is 4.73. The van der Waals surface area contributed by atoms with Crippen LogP contribution < -0.4 is 5.32 Å². The molecule has 1 aromatic rings. The fourth-order valence-electron chi connectivity index (χ4n) is 1.43. The second kappa shape index (κ2) is 3.79. The third kappa shape index (κ3) is 1.50. The summed E-state index contributed by atoms with van der Waals surface area (Å²) in [5.41, 5.74) is 0. The van der Waals surface area contributed by atoms with Crippen LogP contribution in [-0.4, -0.2) is 35.2 Å². The number of nitrogens with one attached hydrogen (secondary N) is 1. The van der Waals surface area contributed by atoms with Crippen molar-refractivity contribution in [3.63, 3.8) is 0 Å². The van der Waals surface area contributed by atoms with Gasteiger partial charge in [0.25, 0.3) is 0 Å². The lowest BCUT2D eigenvalue weighted by atomic mass is 10.2. The maximum Gasteiger partial charge on any atom is 0.374 e. The van der Waals surface area contributed by atoms with Gasteiger partial charge in [-0.2, -0.15) is 0 Å². The summed E-state index contributed by atoms with van der Waals surface area (Å²) in [6.45, 7) is 3.95. The van der Waals surface area contributed by atoms with Gasteiger partial charge < -0.3 is 14.6 Å². The lowest BCUT2D eigenvalue weighted by molar-refractivity contribution is 0.0501. The Bertz CT molecular complexity index is 331. The molecule has 0 radical (unpaired) electrons. The minimum Gasteiger partial charge on any atom is -0.460 e. The SMILES string of the molecule is CCOC(=O)c1nccn1C1CNC1. The molecule has 2 rings (SSSR count). The fourth-order valence-corrected chi connectivity index (χ4v) is 1.43. The highest BCUT2D eigenvalue weighted by Gasteiger charge is 2.24. The number of esters is 1. The number of rotatable bonds is 3. The lowest BCUT2D eigenvalue weighted by Crippen LogP contribution is -2.44. The molecule has 5 heteroatoms.